The molecule has 12 aromatic carbocycles. The molecule has 0 atom stereocenters. The van der Waals surface area contributed by atoms with Crippen LogP contribution < -0.4 is 20.7 Å². The summed E-state index contributed by atoms with van der Waals surface area (Å²) >= 11 is 0. The molecule has 0 saturated heterocycles. The molecule has 83 heavy (non-hydrogen) atoms. The van der Waals surface area contributed by atoms with E-state index < -0.39 is 8.07 Å². The molecule has 0 aliphatic carbocycles. The minimum atomic E-state index is -3.13. The summed E-state index contributed by atoms with van der Waals surface area (Å²) in [5.74, 6) is 1.80. The maximum Gasteiger partial charge on any atom is 0.220 e. The summed E-state index contributed by atoms with van der Waals surface area (Å²) in [5, 5.41) is 9.97. The molecule has 0 fully saturated rings. The molecule has 0 aliphatic heterocycles. The summed E-state index contributed by atoms with van der Waals surface area (Å²) in [4.78, 5) is 10.5. The lowest BCUT2D eigenvalue weighted by atomic mass is 10.1. The van der Waals surface area contributed by atoms with Crippen molar-refractivity contribution in [3.05, 3.63) is 291 Å². The van der Waals surface area contributed by atoms with Crippen molar-refractivity contribution in [2.75, 3.05) is 0 Å². The topological polar surface area (TPSA) is 54.3 Å². The third-order valence-corrected chi connectivity index (χ3v) is 22.3. The first kappa shape index (κ1) is 45.8. The Morgan fingerprint density at radius 3 is 1.00 bits per heavy atom. The standard InChI is InChI=1S/C74H48N8Si/c1-3-23-53(24-4-1)83(54-25-5-2-6-26-54,55-27-19-21-49(45-55)77-63-33-11-7-29-57(63)59-47-51(41-43-65(59)77)79-69-37-15-17-39-71(69)81-67-35-13-9-31-61(67)75-73(79)81)56-28-20-22-50(46-56)78-64-34-12-8-30-58(64)60-48-52(42-44-66(60)78)80-70-38-16-18-40-72(70)82-68-36-14-10-32-62(68)76-74(80)82/h1-48H. The average Bonchev–Trinajstić information content (AvgIpc) is 4.26. The van der Waals surface area contributed by atoms with Gasteiger partial charge in [0.2, 0.25) is 11.6 Å². The average molecular weight is 1080 g/mol. The molecule has 0 radical (unpaired) electrons. The van der Waals surface area contributed by atoms with Gasteiger partial charge in [-0.2, -0.15) is 0 Å². The number of aromatic nitrogens is 8. The summed E-state index contributed by atoms with van der Waals surface area (Å²) < 4.78 is 14.2. The molecule has 0 saturated carbocycles. The van der Waals surface area contributed by atoms with Crippen LogP contribution >= 0.6 is 0 Å². The highest BCUT2D eigenvalue weighted by Gasteiger charge is 2.42. The fourth-order valence-electron chi connectivity index (χ4n) is 14.1. The van der Waals surface area contributed by atoms with Crippen LogP contribution in [0.3, 0.4) is 0 Å². The minimum Gasteiger partial charge on any atom is -0.309 e. The van der Waals surface area contributed by atoms with Crippen molar-refractivity contribution in [2.24, 2.45) is 0 Å². The summed E-state index contributed by atoms with van der Waals surface area (Å²) in [6, 6.07) is 107. The molecule has 388 valence electrons. The van der Waals surface area contributed by atoms with E-state index >= 15 is 0 Å². The van der Waals surface area contributed by atoms with Crippen LogP contribution in [0.15, 0.2) is 291 Å². The number of rotatable bonds is 8. The van der Waals surface area contributed by atoms with Crippen LogP contribution in [0.25, 0.3) is 122 Å². The third kappa shape index (κ3) is 6.45. The Balaban J connectivity index is 0.830. The van der Waals surface area contributed by atoms with Crippen LogP contribution in [0.1, 0.15) is 0 Å². The van der Waals surface area contributed by atoms with Gasteiger partial charge in [0.1, 0.15) is 0 Å². The molecule has 0 unspecified atom stereocenters. The molecule has 0 N–H and O–H groups in total. The second kappa shape index (κ2) is 17.5. The van der Waals surface area contributed by atoms with Gasteiger partial charge in [0, 0.05) is 44.3 Å². The van der Waals surface area contributed by atoms with E-state index in [1.807, 2.05) is 0 Å². The molecule has 18 aromatic rings. The zero-order valence-electron chi connectivity index (χ0n) is 44.8. The minimum absolute atomic E-state index is 0.898. The lowest BCUT2D eigenvalue weighted by molar-refractivity contribution is 1.11. The lowest BCUT2D eigenvalue weighted by Gasteiger charge is -2.35. The van der Waals surface area contributed by atoms with Crippen LogP contribution in [-0.4, -0.2) is 45.1 Å². The van der Waals surface area contributed by atoms with Gasteiger partial charge >= 0.3 is 0 Å². The van der Waals surface area contributed by atoms with Crippen LogP contribution in [0.5, 0.6) is 0 Å². The number of hydrogen-bond acceptors (Lipinski definition) is 2. The molecular weight excluding hydrogens is 1030 g/mol. The lowest BCUT2D eigenvalue weighted by Crippen LogP contribution is -2.74. The second-order valence-corrected chi connectivity index (χ2v) is 25.6. The molecular formula is C74H48N8Si. The molecule has 8 nitrogen and oxygen atoms in total. The molecule has 6 aromatic heterocycles. The number of benzene rings is 12. The van der Waals surface area contributed by atoms with Crippen molar-refractivity contribution < 1.29 is 0 Å². The first-order valence-electron chi connectivity index (χ1n) is 28.3. The largest absolute Gasteiger partial charge is 0.309 e. The zero-order valence-corrected chi connectivity index (χ0v) is 45.8. The van der Waals surface area contributed by atoms with Gasteiger partial charge in [0.25, 0.3) is 0 Å². The van der Waals surface area contributed by atoms with Crippen molar-refractivity contribution in [1.82, 2.24) is 37.0 Å². The van der Waals surface area contributed by atoms with Gasteiger partial charge in [0.15, 0.2) is 8.07 Å². The predicted molar refractivity (Wildman–Crippen MR) is 345 cm³/mol. The van der Waals surface area contributed by atoms with Gasteiger partial charge in [0.05, 0.1) is 66.2 Å². The van der Waals surface area contributed by atoms with Gasteiger partial charge in [-0.25, -0.2) is 9.97 Å². The first-order chi connectivity index (χ1) is 41.2. The Labute approximate surface area is 476 Å². The summed E-state index contributed by atoms with van der Waals surface area (Å²) in [5.41, 5.74) is 17.6. The van der Waals surface area contributed by atoms with Gasteiger partial charge < -0.3 is 9.13 Å². The van der Waals surface area contributed by atoms with E-state index in [-0.39, 0.29) is 0 Å². The van der Waals surface area contributed by atoms with E-state index in [1.54, 1.807) is 0 Å². The predicted octanol–water partition coefficient (Wildman–Crippen LogP) is 14.7. The van der Waals surface area contributed by atoms with Crippen molar-refractivity contribution in [2.45, 2.75) is 0 Å². The van der Waals surface area contributed by atoms with Gasteiger partial charge in [-0.05, 0) is 142 Å². The van der Waals surface area contributed by atoms with Gasteiger partial charge in [-0.1, -0.05) is 170 Å². The van der Waals surface area contributed by atoms with Crippen LogP contribution in [0.4, 0.5) is 0 Å². The Kier molecular flexibility index (Phi) is 9.66. The van der Waals surface area contributed by atoms with Crippen molar-refractivity contribution in [3.8, 4) is 22.7 Å². The number of para-hydroxylation sites is 10. The maximum atomic E-state index is 5.23. The SMILES string of the molecule is c1ccc([Si](c2ccccc2)(c2cccc(-n3c4ccccc4c4cc(-n5c6ccccc6n6c7ccccc7nc56)ccc43)c2)c2cccc(-n3c4ccccc4c4cc(-n5c6ccccc6n6c7ccccc7nc56)ccc43)c2)cc1. The Hall–Kier alpha value is -11.0. The van der Waals surface area contributed by atoms with Gasteiger partial charge in [-0.3, -0.25) is 17.9 Å². The van der Waals surface area contributed by atoms with E-state index in [9.17, 15) is 0 Å². The van der Waals surface area contributed by atoms with E-state index in [4.69, 9.17) is 9.97 Å². The quantitative estimate of drug-likeness (QED) is 0.112. The second-order valence-electron chi connectivity index (χ2n) is 21.8. The van der Waals surface area contributed by atoms with E-state index in [0.29, 0.717) is 0 Å². The highest BCUT2D eigenvalue weighted by Crippen LogP contribution is 2.38. The van der Waals surface area contributed by atoms with E-state index in [1.165, 1.54) is 42.3 Å². The Bertz CT molecular complexity index is 5310. The van der Waals surface area contributed by atoms with Crippen LogP contribution in [0.2, 0.25) is 0 Å². The number of imidazole rings is 4. The number of fused-ring (bicyclic) bond motifs is 16. The molecule has 0 spiro atoms. The number of nitrogens with zero attached hydrogens (tertiary/aromatic N) is 8. The summed E-state index contributed by atoms with van der Waals surface area (Å²) in [7, 11) is -3.13. The third-order valence-electron chi connectivity index (χ3n) is 17.5. The smallest absolute Gasteiger partial charge is 0.220 e. The fraction of sp³-hybridized carbons (Fsp3) is 0. The zero-order chi connectivity index (χ0) is 54.3. The van der Waals surface area contributed by atoms with Crippen LogP contribution in [0, 0.1) is 0 Å². The van der Waals surface area contributed by atoms with Crippen LogP contribution in [-0.2, 0) is 0 Å². The Morgan fingerprint density at radius 2 is 0.554 bits per heavy atom. The highest BCUT2D eigenvalue weighted by atomic mass is 28.3. The van der Waals surface area contributed by atoms with E-state index in [2.05, 4.69) is 318 Å². The van der Waals surface area contributed by atoms with Crippen molar-refractivity contribution >= 4 is 128 Å². The summed E-state index contributed by atoms with van der Waals surface area (Å²) in [6.45, 7) is 0. The van der Waals surface area contributed by atoms with Crippen molar-refractivity contribution in [1.29, 1.82) is 0 Å². The molecule has 9 heteroatoms. The van der Waals surface area contributed by atoms with Gasteiger partial charge in [-0.15, -0.1) is 0 Å². The molecule has 0 aliphatic rings. The first-order valence-corrected chi connectivity index (χ1v) is 30.3. The van der Waals surface area contributed by atoms with E-state index in [0.717, 1.165) is 101 Å². The monoisotopic (exact) mass is 1080 g/mol. The molecule has 0 bridgehead atoms. The Morgan fingerprint density at radius 1 is 0.217 bits per heavy atom. The normalized spacial score (nSPS) is 12.3. The molecule has 18 rings (SSSR count). The number of hydrogen-bond donors (Lipinski definition) is 0. The fourth-order valence-corrected chi connectivity index (χ4v) is 18.9. The molecule has 6 heterocycles. The highest BCUT2D eigenvalue weighted by molar-refractivity contribution is 7.20. The van der Waals surface area contributed by atoms with Crippen molar-refractivity contribution in [3.63, 3.8) is 0 Å². The molecule has 0 amide bonds. The summed E-state index contributed by atoms with van der Waals surface area (Å²) in [6.07, 6.45) is 0. The maximum absolute atomic E-state index is 5.23.